The maximum atomic E-state index is 11.8. The number of esters is 2. The molecule has 24 heavy (non-hydrogen) atoms. The molecule has 1 aliphatic rings. The fraction of sp³-hybridized carbons (Fsp3) is 0.231. The van der Waals surface area contributed by atoms with Crippen molar-refractivity contribution in [1.29, 1.82) is 0 Å². The summed E-state index contributed by atoms with van der Waals surface area (Å²) in [4.78, 5) is 43.4. The fourth-order valence-corrected chi connectivity index (χ4v) is 1.91. The molecule has 0 radical (unpaired) electrons. The summed E-state index contributed by atoms with van der Waals surface area (Å²) >= 11 is 0. The van der Waals surface area contributed by atoms with Crippen LogP contribution in [0, 0.1) is 20.2 Å². The van der Waals surface area contributed by atoms with Gasteiger partial charge in [0.15, 0.2) is 0 Å². The number of carbonyl (C=O) groups excluding carboxylic acids is 2. The van der Waals surface area contributed by atoms with Crippen molar-refractivity contribution in [3.8, 4) is 5.75 Å². The quantitative estimate of drug-likeness (QED) is 0.282. The molecule has 0 spiro atoms. The van der Waals surface area contributed by atoms with Gasteiger partial charge in [-0.1, -0.05) is 0 Å². The minimum absolute atomic E-state index is 0.473. The van der Waals surface area contributed by atoms with E-state index in [1.165, 1.54) is 13.8 Å². The molecule has 0 bridgehead atoms. The van der Waals surface area contributed by atoms with Crippen LogP contribution in [0.1, 0.15) is 19.4 Å². The Morgan fingerprint density at radius 1 is 1.08 bits per heavy atom. The molecule has 1 heterocycles. The Bertz CT molecular complexity index is 788. The molecule has 0 atom stereocenters. The van der Waals surface area contributed by atoms with Crippen LogP contribution in [-0.2, 0) is 19.1 Å². The first-order valence-electron chi connectivity index (χ1n) is 6.36. The average molecular weight is 338 g/mol. The molecule has 1 aromatic rings. The third-order valence-corrected chi connectivity index (χ3v) is 2.93. The van der Waals surface area contributed by atoms with Crippen LogP contribution in [0.5, 0.6) is 5.75 Å². The van der Waals surface area contributed by atoms with Gasteiger partial charge in [-0.05, 0) is 6.08 Å². The first-order chi connectivity index (χ1) is 11.0. The number of rotatable bonds is 3. The van der Waals surface area contributed by atoms with Crippen LogP contribution in [0.4, 0.5) is 11.4 Å². The van der Waals surface area contributed by atoms with Crippen LogP contribution in [0.3, 0.4) is 0 Å². The van der Waals surface area contributed by atoms with E-state index in [9.17, 15) is 34.9 Å². The Morgan fingerprint density at radius 2 is 1.62 bits per heavy atom. The number of aromatic hydroxyl groups is 1. The SMILES string of the molecule is CC1(C)OC(=O)C(=Cc2cc([N+](=O)[O-])cc([N+](=O)[O-])c2O)C(=O)O1. The van der Waals surface area contributed by atoms with E-state index in [0.717, 1.165) is 12.1 Å². The van der Waals surface area contributed by atoms with Gasteiger partial charge in [-0.25, -0.2) is 9.59 Å². The highest BCUT2D eigenvalue weighted by Gasteiger charge is 2.39. The zero-order valence-corrected chi connectivity index (χ0v) is 12.3. The predicted molar refractivity (Wildman–Crippen MR) is 75.7 cm³/mol. The second-order valence-electron chi connectivity index (χ2n) is 5.15. The number of cyclic esters (lactones) is 2. The number of carbonyl (C=O) groups is 2. The van der Waals surface area contributed by atoms with Gasteiger partial charge in [-0.3, -0.25) is 20.2 Å². The van der Waals surface area contributed by atoms with Crippen molar-refractivity contribution in [1.82, 2.24) is 0 Å². The van der Waals surface area contributed by atoms with Crippen molar-refractivity contribution < 1.29 is 34.0 Å². The van der Waals surface area contributed by atoms with E-state index in [1.54, 1.807) is 0 Å². The average Bonchev–Trinajstić information content (AvgIpc) is 2.42. The van der Waals surface area contributed by atoms with Crippen molar-refractivity contribution in [3.05, 3.63) is 43.5 Å². The Balaban J connectivity index is 2.60. The van der Waals surface area contributed by atoms with Crippen molar-refractivity contribution in [2.75, 3.05) is 0 Å². The van der Waals surface area contributed by atoms with Gasteiger partial charge < -0.3 is 14.6 Å². The summed E-state index contributed by atoms with van der Waals surface area (Å²) in [6.45, 7) is 2.63. The highest BCUT2D eigenvalue weighted by Crippen LogP contribution is 2.36. The molecule has 0 saturated carbocycles. The van der Waals surface area contributed by atoms with Crippen LogP contribution >= 0.6 is 0 Å². The number of phenols is 1. The van der Waals surface area contributed by atoms with Crippen molar-refractivity contribution >= 4 is 29.4 Å². The van der Waals surface area contributed by atoms with Crippen LogP contribution in [0.2, 0.25) is 0 Å². The lowest BCUT2D eigenvalue weighted by molar-refractivity contribution is -0.394. The molecule has 0 amide bonds. The number of benzene rings is 1. The zero-order chi connectivity index (χ0) is 18.2. The highest BCUT2D eigenvalue weighted by molar-refractivity contribution is 6.19. The molecular formula is C13H10N2O9. The number of non-ortho nitro benzene ring substituents is 1. The lowest BCUT2D eigenvalue weighted by Crippen LogP contribution is -2.41. The molecule has 0 aromatic heterocycles. The van der Waals surface area contributed by atoms with Gasteiger partial charge in [0.1, 0.15) is 5.57 Å². The number of hydrogen-bond acceptors (Lipinski definition) is 9. The van der Waals surface area contributed by atoms with Gasteiger partial charge >= 0.3 is 17.6 Å². The Labute approximate surface area is 133 Å². The van der Waals surface area contributed by atoms with Gasteiger partial charge in [0.25, 0.3) is 11.5 Å². The zero-order valence-electron chi connectivity index (χ0n) is 12.3. The predicted octanol–water partition coefficient (Wildman–Crippen LogP) is 1.43. The smallest absolute Gasteiger partial charge is 0.348 e. The summed E-state index contributed by atoms with van der Waals surface area (Å²) in [5.74, 6) is -4.62. The number of nitro benzene ring substituents is 2. The molecule has 0 aliphatic carbocycles. The van der Waals surface area contributed by atoms with Crippen LogP contribution in [0.15, 0.2) is 17.7 Å². The van der Waals surface area contributed by atoms with Crippen LogP contribution in [-0.4, -0.2) is 32.7 Å². The molecule has 0 unspecified atom stereocenters. The normalized spacial score (nSPS) is 16.2. The summed E-state index contributed by atoms with van der Waals surface area (Å²) in [6.07, 6.45) is 0.731. The van der Waals surface area contributed by atoms with E-state index in [0.29, 0.717) is 6.07 Å². The monoisotopic (exact) mass is 338 g/mol. The minimum Gasteiger partial charge on any atom is -0.502 e. The van der Waals surface area contributed by atoms with Gasteiger partial charge in [0.2, 0.25) is 5.75 Å². The molecule has 11 nitrogen and oxygen atoms in total. The summed E-state index contributed by atoms with van der Waals surface area (Å²) in [5.41, 5.74) is -2.79. The Kier molecular flexibility index (Phi) is 3.94. The Hall–Kier alpha value is -3.50. The van der Waals surface area contributed by atoms with E-state index in [-0.39, 0.29) is 0 Å². The summed E-state index contributed by atoms with van der Waals surface area (Å²) in [6, 6.07) is 1.33. The largest absolute Gasteiger partial charge is 0.502 e. The number of phenolic OH excluding ortho intramolecular Hbond substituents is 1. The third kappa shape index (κ3) is 3.14. The van der Waals surface area contributed by atoms with Gasteiger partial charge in [-0.2, -0.15) is 0 Å². The van der Waals surface area contributed by atoms with E-state index < -0.39 is 55.8 Å². The minimum atomic E-state index is -1.50. The van der Waals surface area contributed by atoms with E-state index in [4.69, 9.17) is 9.47 Å². The standard InChI is InChI=1S/C13H10N2O9/c1-13(2)23-11(17)8(12(18)24-13)4-6-3-7(14(19)20)5-9(10(6)16)15(21)22/h3-5,16H,1-2H3. The molecule has 11 heteroatoms. The summed E-state index contributed by atoms with van der Waals surface area (Å²) < 4.78 is 9.65. The van der Waals surface area contributed by atoms with Gasteiger partial charge in [-0.15, -0.1) is 0 Å². The maximum Gasteiger partial charge on any atom is 0.348 e. The number of ether oxygens (including phenoxy) is 2. The number of hydrogen-bond donors (Lipinski definition) is 1. The second-order valence-corrected chi connectivity index (χ2v) is 5.15. The topological polar surface area (TPSA) is 159 Å². The van der Waals surface area contributed by atoms with Crippen LogP contribution < -0.4 is 0 Å². The Morgan fingerprint density at radius 3 is 2.08 bits per heavy atom. The van der Waals surface area contributed by atoms with E-state index >= 15 is 0 Å². The van der Waals surface area contributed by atoms with Crippen molar-refractivity contribution in [2.45, 2.75) is 19.6 Å². The number of nitro groups is 2. The summed E-state index contributed by atoms with van der Waals surface area (Å²) in [5, 5.41) is 31.6. The van der Waals surface area contributed by atoms with Gasteiger partial charge in [0, 0.05) is 25.5 Å². The number of nitrogens with zero attached hydrogens (tertiary/aromatic N) is 2. The van der Waals surface area contributed by atoms with Crippen molar-refractivity contribution in [3.63, 3.8) is 0 Å². The maximum absolute atomic E-state index is 11.8. The first kappa shape index (κ1) is 16.9. The van der Waals surface area contributed by atoms with Crippen molar-refractivity contribution in [2.24, 2.45) is 0 Å². The molecule has 1 aromatic carbocycles. The first-order valence-corrected chi connectivity index (χ1v) is 6.36. The molecular weight excluding hydrogens is 328 g/mol. The van der Waals surface area contributed by atoms with E-state index in [1.807, 2.05) is 0 Å². The van der Waals surface area contributed by atoms with E-state index in [2.05, 4.69) is 0 Å². The third-order valence-electron chi connectivity index (χ3n) is 2.93. The molecule has 2 rings (SSSR count). The summed E-state index contributed by atoms with van der Waals surface area (Å²) in [7, 11) is 0. The fourth-order valence-electron chi connectivity index (χ4n) is 1.91. The molecule has 1 fully saturated rings. The van der Waals surface area contributed by atoms with Gasteiger partial charge in [0.05, 0.1) is 15.9 Å². The molecule has 1 saturated heterocycles. The molecule has 126 valence electrons. The second kappa shape index (κ2) is 5.61. The molecule has 1 aliphatic heterocycles. The lowest BCUT2D eigenvalue weighted by Gasteiger charge is -2.29. The molecule has 1 N–H and O–H groups in total. The lowest BCUT2D eigenvalue weighted by atomic mass is 10.1. The van der Waals surface area contributed by atoms with Crippen LogP contribution in [0.25, 0.3) is 6.08 Å². The highest BCUT2D eigenvalue weighted by atomic mass is 16.7.